The number of benzene rings is 2. The lowest BCUT2D eigenvalue weighted by molar-refractivity contribution is 0.546. The zero-order valence-electron chi connectivity index (χ0n) is 12.6. The topological polar surface area (TPSA) is 39.2 Å². The van der Waals surface area contributed by atoms with Crippen molar-refractivity contribution in [2.75, 3.05) is 0 Å². The van der Waals surface area contributed by atoms with Crippen molar-refractivity contribution < 1.29 is 4.42 Å². The van der Waals surface area contributed by atoms with Crippen LogP contribution in [0.15, 0.2) is 52.9 Å². The van der Waals surface area contributed by atoms with Gasteiger partial charge < -0.3 is 10.2 Å². The molecular formula is C19H21NO. The number of aryl methyl sites for hydroxylation is 2. The molecule has 0 saturated carbocycles. The van der Waals surface area contributed by atoms with E-state index in [4.69, 9.17) is 10.2 Å². The van der Waals surface area contributed by atoms with Crippen LogP contribution in [0.25, 0.3) is 11.0 Å². The zero-order valence-corrected chi connectivity index (χ0v) is 12.6. The highest BCUT2D eigenvalue weighted by Gasteiger charge is 2.20. The van der Waals surface area contributed by atoms with Gasteiger partial charge in [0.25, 0.3) is 0 Å². The first-order chi connectivity index (χ1) is 10.2. The first-order valence-electron chi connectivity index (χ1n) is 7.59. The van der Waals surface area contributed by atoms with Crippen molar-refractivity contribution in [2.24, 2.45) is 5.73 Å². The van der Waals surface area contributed by atoms with E-state index < -0.39 is 0 Å². The van der Waals surface area contributed by atoms with Gasteiger partial charge in [0.2, 0.25) is 0 Å². The van der Waals surface area contributed by atoms with Gasteiger partial charge in [0, 0.05) is 17.4 Å². The quantitative estimate of drug-likeness (QED) is 0.757. The van der Waals surface area contributed by atoms with E-state index in [2.05, 4.69) is 44.2 Å². The standard InChI is InChI=1S/C19H21NO/c1-3-13-9-11-14(12-10-13)19(20)18-15-7-5-6-8-17(15)21-16(18)4-2/h5-12,19H,3-4,20H2,1-2H3. The van der Waals surface area contributed by atoms with Gasteiger partial charge in [-0.25, -0.2) is 0 Å². The molecule has 0 bridgehead atoms. The highest BCUT2D eigenvalue weighted by atomic mass is 16.3. The van der Waals surface area contributed by atoms with Crippen LogP contribution in [-0.2, 0) is 12.8 Å². The second-order valence-electron chi connectivity index (χ2n) is 5.36. The Morgan fingerprint density at radius 2 is 1.67 bits per heavy atom. The molecule has 0 aliphatic carbocycles. The van der Waals surface area contributed by atoms with Gasteiger partial charge in [-0.05, 0) is 23.6 Å². The van der Waals surface area contributed by atoms with E-state index in [1.807, 2.05) is 18.2 Å². The molecular weight excluding hydrogens is 258 g/mol. The summed E-state index contributed by atoms with van der Waals surface area (Å²) in [5, 5.41) is 1.13. The number of para-hydroxylation sites is 1. The normalized spacial score (nSPS) is 12.7. The van der Waals surface area contributed by atoms with E-state index in [1.54, 1.807) is 0 Å². The van der Waals surface area contributed by atoms with E-state index in [0.29, 0.717) is 0 Å². The summed E-state index contributed by atoms with van der Waals surface area (Å²) in [7, 11) is 0. The van der Waals surface area contributed by atoms with Crippen molar-refractivity contribution in [2.45, 2.75) is 32.7 Å². The molecule has 2 heteroatoms. The predicted octanol–water partition coefficient (Wildman–Crippen LogP) is 4.61. The summed E-state index contributed by atoms with van der Waals surface area (Å²) in [5.41, 5.74) is 11.0. The number of rotatable bonds is 4. The van der Waals surface area contributed by atoms with Crippen LogP contribution in [0.4, 0.5) is 0 Å². The van der Waals surface area contributed by atoms with Gasteiger partial charge in [0.05, 0.1) is 6.04 Å². The van der Waals surface area contributed by atoms with Crippen molar-refractivity contribution >= 4 is 11.0 Å². The lowest BCUT2D eigenvalue weighted by atomic mass is 9.95. The monoisotopic (exact) mass is 279 g/mol. The Labute approximate surface area is 125 Å². The average molecular weight is 279 g/mol. The molecule has 2 aromatic carbocycles. The second kappa shape index (κ2) is 5.74. The average Bonchev–Trinajstić information content (AvgIpc) is 2.92. The number of hydrogen-bond donors (Lipinski definition) is 1. The maximum absolute atomic E-state index is 6.53. The van der Waals surface area contributed by atoms with Gasteiger partial charge in [-0.2, -0.15) is 0 Å². The minimum absolute atomic E-state index is 0.144. The number of fused-ring (bicyclic) bond motifs is 1. The minimum Gasteiger partial charge on any atom is -0.461 e. The number of nitrogens with two attached hydrogens (primary N) is 1. The van der Waals surface area contributed by atoms with E-state index in [1.165, 1.54) is 5.56 Å². The molecule has 2 nitrogen and oxygen atoms in total. The Morgan fingerprint density at radius 3 is 2.33 bits per heavy atom. The Hall–Kier alpha value is -2.06. The zero-order chi connectivity index (χ0) is 14.8. The molecule has 3 aromatic rings. The molecule has 0 radical (unpaired) electrons. The molecule has 0 fully saturated rings. The summed E-state index contributed by atoms with van der Waals surface area (Å²) in [4.78, 5) is 0. The van der Waals surface area contributed by atoms with E-state index in [9.17, 15) is 0 Å². The van der Waals surface area contributed by atoms with Crippen LogP contribution in [0.1, 0.15) is 42.3 Å². The second-order valence-corrected chi connectivity index (χ2v) is 5.36. The molecule has 3 rings (SSSR count). The number of furan rings is 1. The summed E-state index contributed by atoms with van der Waals surface area (Å²) in [6, 6.07) is 16.6. The fourth-order valence-electron chi connectivity index (χ4n) is 2.85. The fourth-order valence-corrected chi connectivity index (χ4v) is 2.85. The Bertz CT molecular complexity index is 740. The van der Waals surface area contributed by atoms with Crippen molar-refractivity contribution in [3.8, 4) is 0 Å². The fraction of sp³-hybridized carbons (Fsp3) is 0.263. The summed E-state index contributed by atoms with van der Waals surface area (Å²) in [6.45, 7) is 4.27. The van der Waals surface area contributed by atoms with E-state index in [0.717, 1.165) is 40.7 Å². The summed E-state index contributed by atoms with van der Waals surface area (Å²) in [6.07, 6.45) is 1.90. The molecule has 0 saturated heterocycles. The molecule has 0 aliphatic heterocycles. The van der Waals surface area contributed by atoms with Crippen LogP contribution >= 0.6 is 0 Å². The van der Waals surface area contributed by atoms with Crippen LogP contribution in [0.5, 0.6) is 0 Å². The van der Waals surface area contributed by atoms with Gasteiger partial charge in [-0.15, -0.1) is 0 Å². The van der Waals surface area contributed by atoms with Crippen LogP contribution in [0.3, 0.4) is 0 Å². The predicted molar refractivity (Wildman–Crippen MR) is 87.4 cm³/mol. The maximum atomic E-state index is 6.53. The largest absolute Gasteiger partial charge is 0.461 e. The third-order valence-corrected chi connectivity index (χ3v) is 4.09. The van der Waals surface area contributed by atoms with Crippen LogP contribution in [0, 0.1) is 0 Å². The van der Waals surface area contributed by atoms with Gasteiger partial charge in [-0.3, -0.25) is 0 Å². The van der Waals surface area contributed by atoms with Crippen LogP contribution in [0.2, 0.25) is 0 Å². The molecule has 0 spiro atoms. The summed E-state index contributed by atoms with van der Waals surface area (Å²) < 4.78 is 5.96. The lowest BCUT2D eigenvalue weighted by Gasteiger charge is -2.13. The Kier molecular flexibility index (Phi) is 3.80. The van der Waals surface area contributed by atoms with Crippen molar-refractivity contribution in [1.82, 2.24) is 0 Å². The molecule has 0 amide bonds. The first kappa shape index (κ1) is 13.9. The molecule has 1 aromatic heterocycles. The summed E-state index contributed by atoms with van der Waals surface area (Å²) in [5.74, 6) is 0.989. The highest BCUT2D eigenvalue weighted by molar-refractivity contribution is 5.83. The SMILES string of the molecule is CCc1ccc(C(N)c2c(CC)oc3ccccc23)cc1. The molecule has 1 unspecified atom stereocenters. The van der Waals surface area contributed by atoms with Gasteiger partial charge in [0.15, 0.2) is 0 Å². The molecule has 1 heterocycles. The van der Waals surface area contributed by atoms with E-state index >= 15 is 0 Å². The lowest BCUT2D eigenvalue weighted by Crippen LogP contribution is -2.13. The van der Waals surface area contributed by atoms with Gasteiger partial charge in [0.1, 0.15) is 11.3 Å². The van der Waals surface area contributed by atoms with Crippen LogP contribution < -0.4 is 5.73 Å². The Balaban J connectivity index is 2.09. The molecule has 108 valence electrons. The Morgan fingerprint density at radius 1 is 0.952 bits per heavy atom. The van der Waals surface area contributed by atoms with Crippen molar-refractivity contribution in [3.63, 3.8) is 0 Å². The third kappa shape index (κ3) is 2.47. The molecule has 0 aliphatic rings. The molecule has 21 heavy (non-hydrogen) atoms. The van der Waals surface area contributed by atoms with Crippen molar-refractivity contribution in [1.29, 1.82) is 0 Å². The van der Waals surface area contributed by atoms with Crippen LogP contribution in [-0.4, -0.2) is 0 Å². The number of hydrogen-bond acceptors (Lipinski definition) is 2. The highest BCUT2D eigenvalue weighted by Crippen LogP contribution is 2.33. The maximum Gasteiger partial charge on any atom is 0.134 e. The van der Waals surface area contributed by atoms with E-state index in [-0.39, 0.29) is 6.04 Å². The third-order valence-electron chi connectivity index (χ3n) is 4.09. The minimum atomic E-state index is -0.144. The van der Waals surface area contributed by atoms with Gasteiger partial charge in [-0.1, -0.05) is 56.3 Å². The summed E-state index contributed by atoms with van der Waals surface area (Å²) >= 11 is 0. The van der Waals surface area contributed by atoms with Crippen molar-refractivity contribution in [3.05, 3.63) is 71.0 Å². The molecule has 1 atom stereocenters. The first-order valence-corrected chi connectivity index (χ1v) is 7.59. The smallest absolute Gasteiger partial charge is 0.134 e. The molecule has 2 N–H and O–H groups in total. The van der Waals surface area contributed by atoms with Gasteiger partial charge >= 0.3 is 0 Å².